The molecular formula is C20H22ClN3O2. The first-order valence-corrected chi connectivity index (χ1v) is 9.93. The summed E-state index contributed by atoms with van der Waals surface area (Å²) in [5.41, 5.74) is 2.82. The van der Waals surface area contributed by atoms with Crippen molar-refractivity contribution in [2.75, 3.05) is 6.61 Å². The second-order valence-electron chi connectivity index (χ2n) is 7.92. The number of pyridine rings is 1. The standard InChI is InChI=1S/C20H22ClN3O2/c1-2-26-20(25)18-17-13-6-11-5-12(7-13)9-14(8-11)19(17)24(23-18)16-4-3-15(21)10-22-16/h3-4,10-14H,2,5-9H2,1H3. The number of hydrogen-bond acceptors (Lipinski definition) is 4. The normalized spacial score (nSPS) is 28.7. The van der Waals surface area contributed by atoms with Gasteiger partial charge in [-0.25, -0.2) is 14.5 Å². The molecule has 0 spiro atoms. The lowest BCUT2D eigenvalue weighted by molar-refractivity contribution is 0.0515. The SMILES string of the molecule is CCOC(=O)c1nn(-c2ccc(Cl)cn2)c2c1C1CC3CC(C1)CC2C3. The van der Waals surface area contributed by atoms with E-state index in [1.807, 2.05) is 23.7 Å². The molecule has 0 N–H and O–H groups in total. The molecule has 26 heavy (non-hydrogen) atoms. The van der Waals surface area contributed by atoms with Crippen LogP contribution in [0.1, 0.15) is 72.6 Å². The van der Waals surface area contributed by atoms with E-state index in [0.717, 1.165) is 23.2 Å². The number of nitrogens with zero attached hydrogens (tertiary/aromatic N) is 3. The summed E-state index contributed by atoms with van der Waals surface area (Å²) in [4.78, 5) is 17.1. The quantitative estimate of drug-likeness (QED) is 0.746. The molecule has 2 unspecified atom stereocenters. The molecule has 0 radical (unpaired) electrons. The van der Waals surface area contributed by atoms with Gasteiger partial charge in [-0.05, 0) is 68.9 Å². The van der Waals surface area contributed by atoms with Gasteiger partial charge in [0.15, 0.2) is 11.5 Å². The Labute approximate surface area is 157 Å². The number of ether oxygens (including phenoxy) is 1. The van der Waals surface area contributed by atoms with Gasteiger partial charge in [-0.15, -0.1) is 0 Å². The molecule has 4 aliphatic rings. The summed E-state index contributed by atoms with van der Waals surface area (Å²) < 4.78 is 7.23. The fourth-order valence-corrected chi connectivity index (χ4v) is 5.68. The Hall–Kier alpha value is -1.88. The van der Waals surface area contributed by atoms with Crippen molar-refractivity contribution >= 4 is 17.6 Å². The van der Waals surface area contributed by atoms with E-state index in [9.17, 15) is 4.79 Å². The third-order valence-corrected chi connectivity index (χ3v) is 6.51. The third-order valence-electron chi connectivity index (χ3n) is 6.29. The van der Waals surface area contributed by atoms with E-state index in [2.05, 4.69) is 4.98 Å². The molecule has 2 aromatic rings. The van der Waals surface area contributed by atoms with Crippen molar-refractivity contribution in [1.82, 2.24) is 14.8 Å². The van der Waals surface area contributed by atoms with Crippen LogP contribution in [0.3, 0.4) is 0 Å². The van der Waals surface area contributed by atoms with Crippen molar-refractivity contribution in [1.29, 1.82) is 0 Å². The highest BCUT2D eigenvalue weighted by Gasteiger charge is 2.46. The summed E-state index contributed by atoms with van der Waals surface area (Å²) in [6.07, 6.45) is 7.72. The lowest BCUT2D eigenvalue weighted by Crippen LogP contribution is -2.27. The Morgan fingerprint density at radius 3 is 2.58 bits per heavy atom. The van der Waals surface area contributed by atoms with Crippen molar-refractivity contribution in [2.24, 2.45) is 11.8 Å². The molecule has 0 aliphatic heterocycles. The van der Waals surface area contributed by atoms with Gasteiger partial charge in [-0.1, -0.05) is 11.6 Å². The highest BCUT2D eigenvalue weighted by molar-refractivity contribution is 6.30. The fourth-order valence-electron chi connectivity index (χ4n) is 5.57. The van der Waals surface area contributed by atoms with Gasteiger partial charge in [-0.3, -0.25) is 0 Å². The zero-order valence-corrected chi connectivity index (χ0v) is 15.6. The Balaban J connectivity index is 1.71. The number of rotatable bonds is 3. The van der Waals surface area contributed by atoms with E-state index in [4.69, 9.17) is 21.4 Å². The highest BCUT2D eigenvalue weighted by Crippen LogP contribution is 2.57. The van der Waals surface area contributed by atoms with Gasteiger partial charge >= 0.3 is 5.97 Å². The molecule has 5 nitrogen and oxygen atoms in total. The maximum absolute atomic E-state index is 12.7. The molecule has 4 aliphatic carbocycles. The largest absolute Gasteiger partial charge is 0.461 e. The maximum atomic E-state index is 12.7. The topological polar surface area (TPSA) is 57.0 Å². The average molecular weight is 372 g/mol. The first kappa shape index (κ1) is 16.3. The summed E-state index contributed by atoms with van der Waals surface area (Å²) in [5, 5.41) is 5.31. The first-order chi connectivity index (χ1) is 12.6. The Morgan fingerprint density at radius 2 is 1.92 bits per heavy atom. The number of carbonyl (C=O) groups is 1. The Bertz CT molecular complexity index is 847. The molecule has 2 aromatic heterocycles. The van der Waals surface area contributed by atoms with E-state index in [-0.39, 0.29) is 5.97 Å². The molecule has 2 heterocycles. The van der Waals surface area contributed by atoms with Crippen molar-refractivity contribution in [3.63, 3.8) is 0 Å². The molecule has 136 valence electrons. The van der Waals surface area contributed by atoms with E-state index in [1.165, 1.54) is 37.8 Å². The number of halogens is 1. The van der Waals surface area contributed by atoms with Crippen LogP contribution in [0.2, 0.25) is 5.02 Å². The fraction of sp³-hybridized carbons (Fsp3) is 0.550. The van der Waals surface area contributed by atoms with Crippen molar-refractivity contribution in [3.8, 4) is 5.82 Å². The summed E-state index contributed by atoms with van der Waals surface area (Å²) in [6.45, 7) is 2.20. The van der Waals surface area contributed by atoms with E-state index < -0.39 is 0 Å². The second kappa shape index (κ2) is 6.08. The minimum atomic E-state index is -0.308. The van der Waals surface area contributed by atoms with E-state index in [0.29, 0.717) is 29.2 Å². The van der Waals surface area contributed by atoms with Gasteiger partial charge in [0.25, 0.3) is 0 Å². The van der Waals surface area contributed by atoms with Gasteiger partial charge in [0.2, 0.25) is 0 Å². The van der Waals surface area contributed by atoms with Crippen LogP contribution in [0.4, 0.5) is 0 Å². The summed E-state index contributed by atoms with van der Waals surface area (Å²) in [6, 6.07) is 3.70. The zero-order chi connectivity index (χ0) is 17.8. The summed E-state index contributed by atoms with van der Waals surface area (Å²) in [5.74, 6) is 2.83. The number of aromatic nitrogens is 3. The third kappa shape index (κ3) is 2.48. The molecule has 6 heteroatoms. The van der Waals surface area contributed by atoms with Gasteiger partial charge in [0.05, 0.1) is 17.3 Å². The van der Waals surface area contributed by atoms with Crippen LogP contribution < -0.4 is 0 Å². The molecule has 0 amide bonds. The van der Waals surface area contributed by atoms with Crippen LogP contribution in [0, 0.1) is 11.8 Å². The predicted molar refractivity (Wildman–Crippen MR) is 97.9 cm³/mol. The van der Waals surface area contributed by atoms with Crippen LogP contribution in [0.5, 0.6) is 0 Å². The van der Waals surface area contributed by atoms with Crippen LogP contribution in [-0.2, 0) is 4.74 Å². The van der Waals surface area contributed by atoms with Crippen LogP contribution in [0.15, 0.2) is 18.3 Å². The predicted octanol–water partition coefficient (Wildman–Crippen LogP) is 4.49. The van der Waals surface area contributed by atoms with Crippen LogP contribution in [-0.4, -0.2) is 27.3 Å². The summed E-state index contributed by atoms with van der Waals surface area (Å²) >= 11 is 6.01. The Morgan fingerprint density at radius 1 is 1.19 bits per heavy atom. The monoisotopic (exact) mass is 371 g/mol. The van der Waals surface area contributed by atoms with Crippen LogP contribution >= 0.6 is 11.6 Å². The van der Waals surface area contributed by atoms with Crippen LogP contribution in [0.25, 0.3) is 5.82 Å². The molecule has 2 saturated carbocycles. The lowest BCUT2D eigenvalue weighted by Gasteiger charge is -2.38. The van der Waals surface area contributed by atoms with E-state index in [1.54, 1.807) is 6.20 Å². The van der Waals surface area contributed by atoms with Gasteiger partial charge in [0.1, 0.15) is 0 Å². The van der Waals surface area contributed by atoms with Crippen molar-refractivity contribution < 1.29 is 9.53 Å². The minimum absolute atomic E-state index is 0.308. The average Bonchev–Trinajstić information content (AvgIpc) is 2.94. The second-order valence-corrected chi connectivity index (χ2v) is 8.36. The number of hydrogen-bond donors (Lipinski definition) is 0. The zero-order valence-electron chi connectivity index (χ0n) is 14.8. The van der Waals surface area contributed by atoms with E-state index >= 15 is 0 Å². The minimum Gasteiger partial charge on any atom is -0.461 e. The van der Waals surface area contributed by atoms with Gasteiger partial charge < -0.3 is 4.74 Å². The molecule has 2 atom stereocenters. The number of carbonyl (C=O) groups excluding carboxylic acids is 1. The molecule has 0 aromatic carbocycles. The first-order valence-electron chi connectivity index (χ1n) is 9.55. The van der Waals surface area contributed by atoms with Crippen molar-refractivity contribution in [3.05, 3.63) is 40.3 Å². The van der Waals surface area contributed by atoms with Crippen molar-refractivity contribution in [2.45, 2.75) is 50.9 Å². The molecule has 2 fully saturated rings. The van der Waals surface area contributed by atoms with Gasteiger partial charge in [0, 0.05) is 17.7 Å². The smallest absolute Gasteiger partial charge is 0.359 e. The highest BCUT2D eigenvalue weighted by atomic mass is 35.5. The molecular weight excluding hydrogens is 350 g/mol. The summed E-state index contributed by atoms with van der Waals surface area (Å²) in [7, 11) is 0. The Kier molecular flexibility index (Phi) is 3.82. The molecule has 6 rings (SSSR count). The molecule has 4 bridgehead atoms. The lowest BCUT2D eigenvalue weighted by atomic mass is 9.67. The van der Waals surface area contributed by atoms with Gasteiger partial charge in [-0.2, -0.15) is 5.10 Å². The number of esters is 1. The maximum Gasteiger partial charge on any atom is 0.359 e. The molecule has 0 saturated heterocycles.